The van der Waals surface area contributed by atoms with E-state index in [-0.39, 0.29) is 6.04 Å². The number of nitrogens with one attached hydrogen (secondary N) is 1. The summed E-state index contributed by atoms with van der Waals surface area (Å²) >= 11 is 0. The van der Waals surface area contributed by atoms with Crippen molar-refractivity contribution >= 4 is 0 Å². The Morgan fingerprint density at radius 1 is 1.23 bits per heavy atom. The van der Waals surface area contributed by atoms with Crippen LogP contribution in [0.1, 0.15) is 35.8 Å². The molecule has 0 amide bonds. The summed E-state index contributed by atoms with van der Waals surface area (Å²) in [6.07, 6.45) is 4.28. The second-order valence-electron chi connectivity index (χ2n) is 5.72. The fraction of sp³-hybridized carbons (Fsp3) is 0.389. The van der Waals surface area contributed by atoms with Crippen LogP contribution in [-0.4, -0.2) is 24.5 Å². The van der Waals surface area contributed by atoms with Crippen LogP contribution in [0.4, 0.5) is 0 Å². The van der Waals surface area contributed by atoms with Gasteiger partial charge in [-0.2, -0.15) is 5.26 Å². The van der Waals surface area contributed by atoms with Crippen molar-refractivity contribution in [2.75, 3.05) is 19.6 Å². The van der Waals surface area contributed by atoms with Gasteiger partial charge in [-0.05, 0) is 55.8 Å². The molecule has 4 heteroatoms. The Bertz CT molecular complexity index is 624. The molecule has 3 rings (SSSR count). The van der Waals surface area contributed by atoms with Gasteiger partial charge in [-0.3, -0.25) is 4.90 Å². The molecular formula is C18H21N3O. The number of benzene rings is 1. The molecule has 1 aromatic heterocycles. The van der Waals surface area contributed by atoms with Gasteiger partial charge in [0.1, 0.15) is 5.76 Å². The predicted octanol–water partition coefficient (Wildman–Crippen LogP) is 3.08. The smallest absolute Gasteiger partial charge is 0.122 e. The van der Waals surface area contributed by atoms with E-state index in [2.05, 4.69) is 22.4 Å². The Balaban J connectivity index is 1.60. The molecule has 22 heavy (non-hydrogen) atoms. The highest BCUT2D eigenvalue weighted by Crippen LogP contribution is 2.24. The molecule has 1 aromatic carbocycles. The molecule has 0 saturated carbocycles. The summed E-state index contributed by atoms with van der Waals surface area (Å²) < 4.78 is 5.62. The van der Waals surface area contributed by atoms with Crippen molar-refractivity contribution in [1.82, 2.24) is 10.2 Å². The average Bonchev–Trinajstić information content (AvgIpc) is 3.25. The zero-order valence-electron chi connectivity index (χ0n) is 12.7. The Labute approximate surface area is 131 Å². The second-order valence-corrected chi connectivity index (χ2v) is 5.72. The van der Waals surface area contributed by atoms with Crippen LogP contribution in [0, 0.1) is 11.3 Å². The number of rotatable bonds is 6. The lowest BCUT2D eigenvalue weighted by atomic mass is 10.1. The maximum atomic E-state index is 8.95. The van der Waals surface area contributed by atoms with Crippen molar-refractivity contribution in [3.05, 3.63) is 59.5 Å². The SMILES string of the molecule is N#Cc1cccc(CNCC(c2ccco2)N2CCCC2)c1. The Kier molecular flexibility index (Phi) is 4.89. The number of furan rings is 1. The second kappa shape index (κ2) is 7.26. The van der Waals surface area contributed by atoms with Gasteiger partial charge in [0.25, 0.3) is 0 Å². The maximum absolute atomic E-state index is 8.95. The number of hydrogen-bond acceptors (Lipinski definition) is 4. The highest BCUT2D eigenvalue weighted by atomic mass is 16.3. The topological polar surface area (TPSA) is 52.2 Å². The van der Waals surface area contributed by atoms with Gasteiger partial charge in [-0.1, -0.05) is 12.1 Å². The molecule has 1 N–H and O–H groups in total. The molecule has 1 atom stereocenters. The third kappa shape index (κ3) is 3.56. The van der Waals surface area contributed by atoms with Gasteiger partial charge < -0.3 is 9.73 Å². The molecule has 4 nitrogen and oxygen atoms in total. The molecule has 1 aliphatic rings. The molecule has 1 fully saturated rings. The molecule has 0 spiro atoms. The van der Waals surface area contributed by atoms with Gasteiger partial charge in [-0.15, -0.1) is 0 Å². The third-order valence-corrected chi connectivity index (χ3v) is 4.18. The number of likely N-dealkylation sites (tertiary alicyclic amines) is 1. The van der Waals surface area contributed by atoms with Gasteiger partial charge in [0, 0.05) is 13.1 Å². The van der Waals surface area contributed by atoms with E-state index in [1.165, 1.54) is 12.8 Å². The minimum absolute atomic E-state index is 0.289. The standard InChI is InChI=1S/C18H21N3O/c19-12-15-5-3-6-16(11-15)13-20-14-17(18-7-4-10-22-18)21-8-1-2-9-21/h3-7,10-11,17,20H,1-2,8-9,13-14H2. The zero-order chi connectivity index (χ0) is 15.2. The molecule has 0 radical (unpaired) electrons. The summed E-state index contributed by atoms with van der Waals surface area (Å²) in [5, 5.41) is 12.5. The molecule has 0 bridgehead atoms. The highest BCUT2D eigenvalue weighted by Gasteiger charge is 2.24. The van der Waals surface area contributed by atoms with Crippen molar-refractivity contribution in [1.29, 1.82) is 5.26 Å². The van der Waals surface area contributed by atoms with E-state index >= 15 is 0 Å². The zero-order valence-corrected chi connectivity index (χ0v) is 12.7. The number of hydrogen-bond donors (Lipinski definition) is 1. The Morgan fingerprint density at radius 2 is 2.09 bits per heavy atom. The van der Waals surface area contributed by atoms with Crippen LogP contribution in [-0.2, 0) is 6.54 Å². The van der Waals surface area contributed by atoms with Crippen molar-refractivity contribution in [2.24, 2.45) is 0 Å². The first-order chi connectivity index (χ1) is 10.9. The van der Waals surface area contributed by atoms with Gasteiger partial charge in [-0.25, -0.2) is 0 Å². The first-order valence-electron chi connectivity index (χ1n) is 7.84. The summed E-state index contributed by atoms with van der Waals surface area (Å²) in [4.78, 5) is 2.48. The van der Waals surface area contributed by atoms with Gasteiger partial charge in [0.2, 0.25) is 0 Å². The van der Waals surface area contributed by atoms with Crippen LogP contribution in [0.2, 0.25) is 0 Å². The normalized spacial score (nSPS) is 16.5. The average molecular weight is 295 g/mol. The largest absolute Gasteiger partial charge is 0.468 e. The summed E-state index contributed by atoms with van der Waals surface area (Å²) in [6.45, 7) is 3.89. The summed E-state index contributed by atoms with van der Waals surface area (Å²) in [7, 11) is 0. The highest BCUT2D eigenvalue weighted by molar-refractivity contribution is 5.32. The van der Waals surface area contributed by atoms with Gasteiger partial charge in [0.05, 0.1) is 23.9 Å². The molecule has 1 aliphatic heterocycles. The van der Waals surface area contributed by atoms with Crippen molar-refractivity contribution in [2.45, 2.75) is 25.4 Å². The van der Waals surface area contributed by atoms with E-state index in [0.29, 0.717) is 5.56 Å². The Hall–Kier alpha value is -2.09. The fourth-order valence-electron chi connectivity index (χ4n) is 3.05. The molecule has 114 valence electrons. The third-order valence-electron chi connectivity index (χ3n) is 4.18. The minimum Gasteiger partial charge on any atom is -0.468 e. The Morgan fingerprint density at radius 3 is 2.82 bits per heavy atom. The molecule has 1 saturated heterocycles. The van der Waals surface area contributed by atoms with E-state index in [0.717, 1.165) is 37.5 Å². The van der Waals surface area contributed by atoms with Crippen molar-refractivity contribution in [3.63, 3.8) is 0 Å². The van der Waals surface area contributed by atoms with Gasteiger partial charge in [0.15, 0.2) is 0 Å². The van der Waals surface area contributed by atoms with Crippen LogP contribution in [0.15, 0.2) is 47.1 Å². The number of nitrogens with zero attached hydrogens (tertiary/aromatic N) is 2. The van der Waals surface area contributed by atoms with Crippen LogP contribution in [0.25, 0.3) is 0 Å². The van der Waals surface area contributed by atoms with E-state index in [4.69, 9.17) is 9.68 Å². The molecule has 0 aliphatic carbocycles. The maximum Gasteiger partial charge on any atom is 0.122 e. The summed E-state index contributed by atoms with van der Waals surface area (Å²) in [5.41, 5.74) is 1.85. The van der Waals surface area contributed by atoms with Crippen LogP contribution < -0.4 is 5.32 Å². The summed E-state index contributed by atoms with van der Waals surface area (Å²) in [6, 6.07) is 14.2. The monoisotopic (exact) mass is 295 g/mol. The van der Waals surface area contributed by atoms with E-state index in [9.17, 15) is 0 Å². The van der Waals surface area contributed by atoms with Gasteiger partial charge >= 0.3 is 0 Å². The molecule has 2 heterocycles. The van der Waals surface area contributed by atoms with E-state index < -0.39 is 0 Å². The van der Waals surface area contributed by atoms with Crippen LogP contribution in [0.3, 0.4) is 0 Å². The molecule has 1 unspecified atom stereocenters. The quantitative estimate of drug-likeness (QED) is 0.890. The van der Waals surface area contributed by atoms with Crippen molar-refractivity contribution in [3.8, 4) is 6.07 Å². The first-order valence-corrected chi connectivity index (χ1v) is 7.84. The predicted molar refractivity (Wildman–Crippen MR) is 85.1 cm³/mol. The van der Waals surface area contributed by atoms with Crippen LogP contribution in [0.5, 0.6) is 0 Å². The van der Waals surface area contributed by atoms with Crippen molar-refractivity contribution < 1.29 is 4.42 Å². The minimum atomic E-state index is 0.289. The fourth-order valence-corrected chi connectivity index (χ4v) is 3.05. The molecule has 2 aromatic rings. The lowest BCUT2D eigenvalue weighted by Gasteiger charge is -2.26. The van der Waals surface area contributed by atoms with E-state index in [1.54, 1.807) is 6.26 Å². The number of nitriles is 1. The summed E-state index contributed by atoms with van der Waals surface area (Å²) in [5.74, 6) is 1.03. The van der Waals surface area contributed by atoms with Crippen LogP contribution >= 0.6 is 0 Å². The van der Waals surface area contributed by atoms with E-state index in [1.807, 2.05) is 30.3 Å². The lowest BCUT2D eigenvalue weighted by Crippen LogP contribution is -2.33. The molecular weight excluding hydrogens is 274 g/mol. The lowest BCUT2D eigenvalue weighted by molar-refractivity contribution is 0.209. The first kappa shape index (κ1) is 14.8.